The molecule has 0 atom stereocenters. The number of benzene rings is 3. The first kappa shape index (κ1) is 21.1. The van der Waals surface area contributed by atoms with Gasteiger partial charge in [0.15, 0.2) is 18.1 Å². The molecule has 30 heavy (non-hydrogen) atoms. The van der Waals surface area contributed by atoms with E-state index in [0.29, 0.717) is 36.8 Å². The van der Waals surface area contributed by atoms with Crippen molar-refractivity contribution in [1.82, 2.24) is 4.90 Å². The van der Waals surface area contributed by atoms with E-state index in [1.807, 2.05) is 67.6 Å². The lowest BCUT2D eigenvalue weighted by molar-refractivity contribution is -0.134. The second kappa shape index (κ2) is 10.8. The molecular formula is C25H25NO4. The van der Waals surface area contributed by atoms with Gasteiger partial charge in [-0.15, -0.1) is 0 Å². The van der Waals surface area contributed by atoms with Crippen molar-refractivity contribution in [2.45, 2.75) is 20.0 Å². The first-order chi connectivity index (χ1) is 14.7. The highest BCUT2D eigenvalue weighted by Crippen LogP contribution is 2.28. The van der Waals surface area contributed by atoms with Gasteiger partial charge >= 0.3 is 0 Å². The Labute approximate surface area is 176 Å². The molecule has 0 aliphatic rings. The van der Waals surface area contributed by atoms with Gasteiger partial charge in [0.2, 0.25) is 0 Å². The van der Waals surface area contributed by atoms with Gasteiger partial charge in [0.25, 0.3) is 5.91 Å². The number of hydrogen-bond donors (Lipinski definition) is 0. The molecule has 0 spiro atoms. The van der Waals surface area contributed by atoms with Gasteiger partial charge < -0.3 is 14.4 Å². The Balaban J connectivity index is 1.73. The molecule has 3 aromatic rings. The van der Waals surface area contributed by atoms with Crippen molar-refractivity contribution in [2.75, 3.05) is 13.2 Å². The standard InChI is InChI=1S/C25H25NO4/c1-2-29-24-15-22(18-27)13-14-23(24)30-19-25(28)26(16-20-9-5-3-6-10-20)17-21-11-7-4-8-12-21/h3-15,18H,2,16-17,19H2,1H3. The zero-order chi connectivity index (χ0) is 21.2. The summed E-state index contributed by atoms with van der Waals surface area (Å²) in [4.78, 5) is 25.8. The topological polar surface area (TPSA) is 55.8 Å². The summed E-state index contributed by atoms with van der Waals surface area (Å²) >= 11 is 0. The molecule has 5 heteroatoms. The van der Waals surface area contributed by atoms with Crippen LogP contribution in [0.2, 0.25) is 0 Å². The number of amides is 1. The largest absolute Gasteiger partial charge is 0.490 e. The van der Waals surface area contributed by atoms with Crippen LogP contribution in [0.1, 0.15) is 28.4 Å². The molecule has 0 N–H and O–H groups in total. The van der Waals surface area contributed by atoms with Crippen LogP contribution in [0.25, 0.3) is 0 Å². The molecule has 0 saturated heterocycles. The molecule has 1 amide bonds. The summed E-state index contributed by atoms with van der Waals surface area (Å²) in [7, 11) is 0. The summed E-state index contributed by atoms with van der Waals surface area (Å²) in [6, 6.07) is 24.6. The molecule has 0 fully saturated rings. The zero-order valence-corrected chi connectivity index (χ0v) is 17.0. The van der Waals surface area contributed by atoms with Gasteiger partial charge in [-0.25, -0.2) is 0 Å². The average molecular weight is 403 g/mol. The quantitative estimate of drug-likeness (QED) is 0.468. The Hall–Kier alpha value is -3.60. The lowest BCUT2D eigenvalue weighted by atomic mass is 10.1. The lowest BCUT2D eigenvalue weighted by Gasteiger charge is -2.23. The van der Waals surface area contributed by atoms with Gasteiger partial charge in [0.05, 0.1) is 6.61 Å². The van der Waals surface area contributed by atoms with Crippen LogP contribution in [0.5, 0.6) is 11.5 Å². The fraction of sp³-hybridized carbons (Fsp3) is 0.200. The number of carbonyl (C=O) groups excluding carboxylic acids is 2. The average Bonchev–Trinajstić information content (AvgIpc) is 2.79. The van der Waals surface area contributed by atoms with Crippen LogP contribution in [0.4, 0.5) is 0 Å². The molecule has 0 aromatic heterocycles. The predicted molar refractivity (Wildman–Crippen MR) is 116 cm³/mol. The minimum Gasteiger partial charge on any atom is -0.490 e. The molecule has 154 valence electrons. The molecule has 3 aromatic carbocycles. The van der Waals surface area contributed by atoms with E-state index in [0.717, 1.165) is 17.4 Å². The molecule has 0 saturated carbocycles. The fourth-order valence-corrected chi connectivity index (χ4v) is 3.06. The van der Waals surface area contributed by atoms with Crippen molar-refractivity contribution in [1.29, 1.82) is 0 Å². The SMILES string of the molecule is CCOc1cc(C=O)ccc1OCC(=O)N(Cc1ccccc1)Cc1ccccc1. The van der Waals surface area contributed by atoms with E-state index >= 15 is 0 Å². The van der Waals surface area contributed by atoms with Crippen LogP contribution < -0.4 is 9.47 Å². The van der Waals surface area contributed by atoms with Gasteiger partial charge in [-0.05, 0) is 36.2 Å². The van der Waals surface area contributed by atoms with Crippen molar-refractivity contribution >= 4 is 12.2 Å². The first-order valence-electron chi connectivity index (χ1n) is 9.90. The number of ether oxygens (including phenoxy) is 2. The second-order valence-corrected chi connectivity index (χ2v) is 6.77. The highest BCUT2D eigenvalue weighted by Gasteiger charge is 2.17. The van der Waals surface area contributed by atoms with Crippen LogP contribution in [-0.4, -0.2) is 30.3 Å². The Bertz CT molecular complexity index is 916. The fourth-order valence-electron chi connectivity index (χ4n) is 3.06. The predicted octanol–water partition coefficient (Wildman–Crippen LogP) is 4.51. The molecule has 5 nitrogen and oxygen atoms in total. The van der Waals surface area contributed by atoms with Crippen molar-refractivity contribution in [3.8, 4) is 11.5 Å². The molecule has 0 unspecified atom stereocenters. The first-order valence-corrected chi connectivity index (χ1v) is 9.90. The summed E-state index contributed by atoms with van der Waals surface area (Å²) in [5.41, 5.74) is 2.59. The maximum atomic E-state index is 13.0. The highest BCUT2D eigenvalue weighted by molar-refractivity contribution is 5.78. The second-order valence-electron chi connectivity index (χ2n) is 6.77. The van der Waals surface area contributed by atoms with E-state index in [1.54, 1.807) is 23.1 Å². The van der Waals surface area contributed by atoms with E-state index in [4.69, 9.17) is 9.47 Å². The Morgan fingerprint density at radius 3 is 1.97 bits per heavy atom. The number of hydrogen-bond acceptors (Lipinski definition) is 4. The molecule has 0 bridgehead atoms. The van der Waals surface area contributed by atoms with Crippen LogP contribution in [0.15, 0.2) is 78.9 Å². The van der Waals surface area contributed by atoms with Gasteiger partial charge in [-0.3, -0.25) is 9.59 Å². The van der Waals surface area contributed by atoms with Crippen molar-refractivity contribution in [3.05, 3.63) is 95.6 Å². The van der Waals surface area contributed by atoms with Gasteiger partial charge in [0.1, 0.15) is 6.29 Å². The Morgan fingerprint density at radius 2 is 1.43 bits per heavy atom. The van der Waals surface area contributed by atoms with Gasteiger partial charge in [-0.1, -0.05) is 60.7 Å². The van der Waals surface area contributed by atoms with Crippen molar-refractivity contribution < 1.29 is 19.1 Å². The summed E-state index contributed by atoms with van der Waals surface area (Å²) in [5, 5.41) is 0. The monoisotopic (exact) mass is 403 g/mol. The van der Waals surface area contributed by atoms with E-state index < -0.39 is 0 Å². The smallest absolute Gasteiger partial charge is 0.261 e. The number of rotatable bonds is 10. The summed E-state index contributed by atoms with van der Waals surface area (Å²) in [6.45, 7) is 3.13. The zero-order valence-electron chi connectivity index (χ0n) is 17.0. The minimum atomic E-state index is -0.135. The normalized spacial score (nSPS) is 10.3. The van der Waals surface area contributed by atoms with E-state index in [2.05, 4.69) is 0 Å². The molecule has 0 aliphatic heterocycles. The molecule has 0 radical (unpaired) electrons. The van der Waals surface area contributed by atoms with E-state index in [9.17, 15) is 9.59 Å². The number of carbonyl (C=O) groups is 2. The van der Waals surface area contributed by atoms with Crippen LogP contribution in [0.3, 0.4) is 0 Å². The van der Waals surface area contributed by atoms with Crippen LogP contribution >= 0.6 is 0 Å². The molecule has 0 aliphatic carbocycles. The third-order valence-corrected chi connectivity index (χ3v) is 4.54. The number of aldehydes is 1. The minimum absolute atomic E-state index is 0.125. The van der Waals surface area contributed by atoms with E-state index in [-0.39, 0.29) is 12.5 Å². The maximum absolute atomic E-state index is 13.0. The number of nitrogens with zero attached hydrogens (tertiary/aromatic N) is 1. The summed E-state index contributed by atoms with van der Waals surface area (Å²) in [6.07, 6.45) is 0.749. The highest BCUT2D eigenvalue weighted by atomic mass is 16.5. The third-order valence-electron chi connectivity index (χ3n) is 4.54. The van der Waals surface area contributed by atoms with Crippen LogP contribution in [0, 0.1) is 0 Å². The molecular weight excluding hydrogens is 378 g/mol. The molecule has 3 rings (SSSR count). The maximum Gasteiger partial charge on any atom is 0.261 e. The van der Waals surface area contributed by atoms with E-state index in [1.165, 1.54) is 0 Å². The molecule has 0 heterocycles. The van der Waals surface area contributed by atoms with Crippen LogP contribution in [-0.2, 0) is 17.9 Å². The van der Waals surface area contributed by atoms with Gasteiger partial charge in [-0.2, -0.15) is 0 Å². The summed E-state index contributed by atoms with van der Waals surface area (Å²) < 4.78 is 11.3. The lowest BCUT2D eigenvalue weighted by Crippen LogP contribution is -2.34. The third kappa shape index (κ3) is 5.95. The van der Waals surface area contributed by atoms with Crippen molar-refractivity contribution in [2.24, 2.45) is 0 Å². The Morgan fingerprint density at radius 1 is 0.833 bits per heavy atom. The van der Waals surface area contributed by atoms with Crippen molar-refractivity contribution in [3.63, 3.8) is 0 Å². The summed E-state index contributed by atoms with van der Waals surface area (Å²) in [5.74, 6) is 0.757. The van der Waals surface area contributed by atoms with Gasteiger partial charge in [0, 0.05) is 18.7 Å². The Kier molecular flexibility index (Phi) is 7.61.